The molecule has 1 aliphatic rings. The van der Waals surface area contributed by atoms with E-state index in [1.165, 1.54) is 11.4 Å². The summed E-state index contributed by atoms with van der Waals surface area (Å²) in [5, 5.41) is 0. The molecule has 0 saturated heterocycles. The first-order valence-electron chi connectivity index (χ1n) is 4.91. The van der Waals surface area contributed by atoms with Crippen LogP contribution in [0.4, 0.5) is 0 Å². The minimum atomic E-state index is 0.674. The lowest BCUT2D eigenvalue weighted by atomic mass is 10.2. The van der Waals surface area contributed by atoms with Gasteiger partial charge in [0.05, 0.1) is 18.9 Å². The smallest absolute Gasteiger partial charge is 0.177 e. The van der Waals surface area contributed by atoms with E-state index in [-0.39, 0.29) is 0 Å². The summed E-state index contributed by atoms with van der Waals surface area (Å²) < 4.78 is 8.32. The highest BCUT2D eigenvalue weighted by molar-refractivity contribution is 7.71. The molecule has 0 saturated carbocycles. The highest BCUT2D eigenvalue weighted by Crippen LogP contribution is 2.16. The second kappa shape index (κ2) is 4.25. The number of hydrogen-bond donors (Lipinski definition) is 2. The van der Waals surface area contributed by atoms with E-state index in [0.29, 0.717) is 13.2 Å². The van der Waals surface area contributed by atoms with Crippen molar-refractivity contribution in [3.05, 3.63) is 16.2 Å². The Bertz CT molecular complexity index is 369. The number of imidazole rings is 1. The molecule has 0 spiro atoms. The molecule has 1 aromatic heterocycles. The molecule has 0 amide bonds. The summed E-state index contributed by atoms with van der Waals surface area (Å²) in [6.07, 6.45) is 1.90. The fourth-order valence-corrected chi connectivity index (χ4v) is 2.08. The molecule has 78 valence electrons. The molecular weight excluding hydrogens is 198 g/mol. The molecule has 2 heterocycles. The molecule has 3 N–H and O–H groups in total. The van der Waals surface area contributed by atoms with Crippen LogP contribution < -0.4 is 5.73 Å². The van der Waals surface area contributed by atoms with E-state index in [4.69, 9.17) is 22.7 Å². The first-order valence-corrected chi connectivity index (χ1v) is 5.32. The summed E-state index contributed by atoms with van der Waals surface area (Å²) in [6.45, 7) is 3.05. The molecule has 1 aliphatic heterocycles. The molecule has 0 fully saturated rings. The fraction of sp³-hybridized carbons (Fsp3) is 0.667. The number of ether oxygens (including phenoxy) is 1. The maximum Gasteiger partial charge on any atom is 0.177 e. The standard InChI is InChI=1S/C9H15N3OS/c10-3-1-4-12-8-6-13-5-2-7(8)11-9(12)14/h1-6,10H2,(H,11,14). The summed E-state index contributed by atoms with van der Waals surface area (Å²) in [4.78, 5) is 3.23. The van der Waals surface area contributed by atoms with Gasteiger partial charge in [-0.2, -0.15) is 0 Å². The molecule has 5 heteroatoms. The monoisotopic (exact) mass is 213 g/mol. The highest BCUT2D eigenvalue weighted by atomic mass is 32.1. The quantitative estimate of drug-likeness (QED) is 0.736. The maximum absolute atomic E-state index is 5.48. The number of fused-ring (bicyclic) bond motifs is 1. The van der Waals surface area contributed by atoms with Crippen molar-refractivity contribution in [1.29, 1.82) is 0 Å². The second-order valence-electron chi connectivity index (χ2n) is 3.45. The van der Waals surface area contributed by atoms with Gasteiger partial charge in [-0.1, -0.05) is 0 Å². The normalized spacial score (nSPS) is 15.5. The molecule has 0 aromatic carbocycles. The summed E-state index contributed by atoms with van der Waals surface area (Å²) in [5.74, 6) is 0. The van der Waals surface area contributed by atoms with Crippen molar-refractivity contribution in [2.24, 2.45) is 5.73 Å². The van der Waals surface area contributed by atoms with Crippen LogP contribution in [0.15, 0.2) is 0 Å². The van der Waals surface area contributed by atoms with Crippen LogP contribution in [-0.4, -0.2) is 22.7 Å². The predicted molar refractivity (Wildman–Crippen MR) is 56.6 cm³/mol. The number of nitrogens with one attached hydrogen (secondary N) is 1. The summed E-state index contributed by atoms with van der Waals surface area (Å²) in [5.41, 5.74) is 7.92. The van der Waals surface area contributed by atoms with Gasteiger partial charge in [-0.05, 0) is 25.2 Å². The van der Waals surface area contributed by atoms with Crippen LogP contribution in [0.3, 0.4) is 0 Å². The topological polar surface area (TPSA) is 56.0 Å². The molecule has 0 radical (unpaired) electrons. The Balaban J connectivity index is 2.28. The third-order valence-corrected chi connectivity index (χ3v) is 2.82. The van der Waals surface area contributed by atoms with Gasteiger partial charge in [-0.15, -0.1) is 0 Å². The van der Waals surface area contributed by atoms with E-state index < -0.39 is 0 Å². The Kier molecular flexibility index (Phi) is 3.00. The molecule has 0 atom stereocenters. The van der Waals surface area contributed by atoms with Crippen LogP contribution in [0, 0.1) is 4.77 Å². The Hall–Kier alpha value is -0.650. The number of nitrogens with two attached hydrogens (primary N) is 1. The Morgan fingerprint density at radius 1 is 1.57 bits per heavy atom. The first-order chi connectivity index (χ1) is 6.83. The zero-order valence-electron chi connectivity index (χ0n) is 8.08. The Labute approximate surface area is 88.1 Å². The van der Waals surface area contributed by atoms with Gasteiger partial charge in [0.2, 0.25) is 0 Å². The van der Waals surface area contributed by atoms with Crippen LogP contribution in [-0.2, 0) is 24.3 Å². The van der Waals surface area contributed by atoms with E-state index in [9.17, 15) is 0 Å². The first kappa shape index (κ1) is 9.89. The minimum absolute atomic E-state index is 0.674. The van der Waals surface area contributed by atoms with Gasteiger partial charge in [0.25, 0.3) is 0 Å². The average molecular weight is 213 g/mol. The van der Waals surface area contributed by atoms with Gasteiger partial charge in [0.15, 0.2) is 4.77 Å². The predicted octanol–water partition coefficient (Wildman–Crippen LogP) is 0.967. The lowest BCUT2D eigenvalue weighted by molar-refractivity contribution is 0.104. The Morgan fingerprint density at radius 2 is 2.43 bits per heavy atom. The van der Waals surface area contributed by atoms with Crippen LogP contribution >= 0.6 is 12.2 Å². The maximum atomic E-state index is 5.48. The summed E-state index contributed by atoms with van der Waals surface area (Å²) >= 11 is 5.25. The number of rotatable bonds is 3. The summed E-state index contributed by atoms with van der Waals surface area (Å²) in [6, 6.07) is 0. The number of nitrogens with zero attached hydrogens (tertiary/aromatic N) is 1. The van der Waals surface area contributed by atoms with Gasteiger partial charge in [-0.3, -0.25) is 0 Å². The van der Waals surface area contributed by atoms with E-state index in [0.717, 1.165) is 30.8 Å². The van der Waals surface area contributed by atoms with Gasteiger partial charge in [0, 0.05) is 18.7 Å². The average Bonchev–Trinajstić information content (AvgIpc) is 2.51. The largest absolute Gasteiger partial charge is 0.375 e. The SMILES string of the molecule is NCCCn1c2c([nH]c1=S)CCOC2. The second-order valence-corrected chi connectivity index (χ2v) is 3.84. The van der Waals surface area contributed by atoms with Crippen molar-refractivity contribution in [1.82, 2.24) is 9.55 Å². The van der Waals surface area contributed by atoms with E-state index in [1.807, 2.05) is 0 Å². The number of aromatic nitrogens is 2. The van der Waals surface area contributed by atoms with Crippen LogP contribution in [0.1, 0.15) is 17.8 Å². The van der Waals surface area contributed by atoms with Crippen LogP contribution in [0.2, 0.25) is 0 Å². The molecular formula is C9H15N3OS. The van der Waals surface area contributed by atoms with Crippen molar-refractivity contribution in [3.63, 3.8) is 0 Å². The molecule has 1 aromatic rings. The van der Waals surface area contributed by atoms with E-state index in [2.05, 4.69) is 9.55 Å². The van der Waals surface area contributed by atoms with Gasteiger partial charge < -0.3 is 20.0 Å². The molecule has 14 heavy (non-hydrogen) atoms. The van der Waals surface area contributed by atoms with E-state index in [1.54, 1.807) is 0 Å². The van der Waals surface area contributed by atoms with Gasteiger partial charge in [-0.25, -0.2) is 0 Å². The van der Waals surface area contributed by atoms with Crippen molar-refractivity contribution >= 4 is 12.2 Å². The molecule has 0 aliphatic carbocycles. The fourth-order valence-electron chi connectivity index (χ4n) is 1.75. The van der Waals surface area contributed by atoms with Crippen molar-refractivity contribution in [2.75, 3.05) is 13.2 Å². The van der Waals surface area contributed by atoms with Crippen LogP contribution in [0.5, 0.6) is 0 Å². The lowest BCUT2D eigenvalue weighted by Gasteiger charge is -2.14. The third kappa shape index (κ3) is 1.75. The molecule has 0 bridgehead atoms. The summed E-state index contributed by atoms with van der Waals surface area (Å²) in [7, 11) is 0. The number of H-pyrrole nitrogens is 1. The molecule has 0 unspecified atom stereocenters. The third-order valence-electron chi connectivity index (χ3n) is 2.50. The Morgan fingerprint density at radius 3 is 3.21 bits per heavy atom. The van der Waals surface area contributed by atoms with Gasteiger partial charge in [0.1, 0.15) is 0 Å². The highest BCUT2D eigenvalue weighted by Gasteiger charge is 2.15. The lowest BCUT2D eigenvalue weighted by Crippen LogP contribution is -2.14. The zero-order valence-corrected chi connectivity index (χ0v) is 8.90. The number of aromatic amines is 1. The zero-order chi connectivity index (χ0) is 9.97. The minimum Gasteiger partial charge on any atom is -0.375 e. The molecule has 4 nitrogen and oxygen atoms in total. The van der Waals surface area contributed by atoms with Crippen LogP contribution in [0.25, 0.3) is 0 Å². The van der Waals surface area contributed by atoms with Gasteiger partial charge >= 0.3 is 0 Å². The number of hydrogen-bond acceptors (Lipinski definition) is 3. The molecule has 2 rings (SSSR count). The van der Waals surface area contributed by atoms with Crippen molar-refractivity contribution in [2.45, 2.75) is 26.0 Å². The van der Waals surface area contributed by atoms with E-state index >= 15 is 0 Å². The van der Waals surface area contributed by atoms with Crippen molar-refractivity contribution < 1.29 is 4.74 Å². The van der Waals surface area contributed by atoms with Crippen molar-refractivity contribution in [3.8, 4) is 0 Å².